The summed E-state index contributed by atoms with van der Waals surface area (Å²) in [6.07, 6.45) is 6.39. The van der Waals surface area contributed by atoms with Gasteiger partial charge in [-0.15, -0.1) is 0 Å². The Balaban J connectivity index is 1.24. The first-order chi connectivity index (χ1) is 15.5. The SMILES string of the molecule is O=C(COc1ccccc1C=NN1C(=O)C2C3C=CC(C3)C2C1=O)Nc1ccc(Cl)cc1. The molecule has 2 bridgehead atoms. The molecule has 0 spiro atoms. The molecule has 8 heteroatoms. The van der Waals surface area contributed by atoms with Crippen molar-refractivity contribution >= 4 is 41.2 Å². The minimum absolute atomic E-state index is 0.136. The maximum absolute atomic E-state index is 12.8. The molecule has 2 aromatic rings. The highest BCUT2D eigenvalue weighted by Gasteiger charge is 2.59. The third-order valence-corrected chi connectivity index (χ3v) is 6.42. The van der Waals surface area contributed by atoms with Crippen molar-refractivity contribution in [1.29, 1.82) is 0 Å². The minimum Gasteiger partial charge on any atom is -0.483 e. The first-order valence-electron chi connectivity index (χ1n) is 10.4. The number of hydrazone groups is 1. The number of para-hydroxylation sites is 1. The number of anilines is 1. The normalized spacial score (nSPS) is 25.6. The van der Waals surface area contributed by atoms with E-state index in [4.69, 9.17) is 16.3 Å². The van der Waals surface area contributed by atoms with Crippen LogP contribution in [-0.2, 0) is 14.4 Å². The van der Waals surface area contributed by atoms with Crippen molar-refractivity contribution in [3.63, 3.8) is 0 Å². The smallest absolute Gasteiger partial charge is 0.262 e. The van der Waals surface area contributed by atoms with Crippen LogP contribution < -0.4 is 10.1 Å². The Kier molecular flexibility index (Phi) is 5.27. The van der Waals surface area contributed by atoms with Gasteiger partial charge in [0.2, 0.25) is 0 Å². The molecule has 1 N–H and O–H groups in total. The average molecular weight is 450 g/mol. The van der Waals surface area contributed by atoms with E-state index in [1.165, 1.54) is 6.21 Å². The second-order valence-corrected chi connectivity index (χ2v) is 8.55. The molecule has 7 nitrogen and oxygen atoms in total. The number of hydrogen-bond acceptors (Lipinski definition) is 5. The number of hydrogen-bond donors (Lipinski definition) is 1. The average Bonchev–Trinajstić information content (AvgIpc) is 3.47. The second kappa shape index (κ2) is 8.24. The van der Waals surface area contributed by atoms with E-state index in [9.17, 15) is 14.4 Å². The van der Waals surface area contributed by atoms with Crippen molar-refractivity contribution < 1.29 is 19.1 Å². The van der Waals surface area contributed by atoms with Crippen LogP contribution in [0.5, 0.6) is 5.75 Å². The van der Waals surface area contributed by atoms with E-state index < -0.39 is 0 Å². The Morgan fingerprint density at radius 1 is 1.06 bits per heavy atom. The molecule has 3 aliphatic rings. The lowest BCUT2D eigenvalue weighted by Gasteiger charge is -2.13. The van der Waals surface area contributed by atoms with Gasteiger partial charge in [-0.1, -0.05) is 35.9 Å². The maximum atomic E-state index is 12.8. The highest BCUT2D eigenvalue weighted by Crippen LogP contribution is 2.52. The van der Waals surface area contributed by atoms with Gasteiger partial charge in [0, 0.05) is 16.3 Å². The van der Waals surface area contributed by atoms with Crippen molar-refractivity contribution in [3.8, 4) is 5.75 Å². The number of ether oxygens (including phenoxy) is 1. The summed E-state index contributed by atoms with van der Waals surface area (Å²) < 4.78 is 5.65. The molecule has 1 heterocycles. The molecule has 1 aliphatic heterocycles. The fourth-order valence-electron chi connectivity index (χ4n) is 4.71. The molecule has 5 rings (SSSR count). The molecule has 2 aromatic carbocycles. The molecular weight excluding hydrogens is 430 g/mol. The lowest BCUT2D eigenvalue weighted by molar-refractivity contribution is -0.140. The third-order valence-electron chi connectivity index (χ3n) is 6.17. The van der Waals surface area contributed by atoms with Gasteiger partial charge in [0.05, 0.1) is 18.1 Å². The van der Waals surface area contributed by atoms with Crippen LogP contribution in [0.2, 0.25) is 5.02 Å². The zero-order valence-corrected chi connectivity index (χ0v) is 17.7. The van der Waals surface area contributed by atoms with Crippen molar-refractivity contribution in [1.82, 2.24) is 5.01 Å². The predicted octanol–water partition coefficient (Wildman–Crippen LogP) is 3.50. The van der Waals surface area contributed by atoms with Crippen molar-refractivity contribution in [2.45, 2.75) is 6.42 Å². The van der Waals surface area contributed by atoms with Crippen LogP contribution in [0.4, 0.5) is 5.69 Å². The number of carbonyl (C=O) groups excluding carboxylic acids is 3. The Morgan fingerprint density at radius 3 is 2.41 bits per heavy atom. The van der Waals surface area contributed by atoms with E-state index in [0.29, 0.717) is 22.0 Å². The first kappa shape index (κ1) is 20.5. The summed E-state index contributed by atoms with van der Waals surface area (Å²) in [5.41, 5.74) is 1.17. The fraction of sp³-hybridized carbons (Fsp3) is 0.250. The second-order valence-electron chi connectivity index (χ2n) is 8.11. The molecule has 0 radical (unpaired) electrons. The number of nitrogens with one attached hydrogen (secondary N) is 1. The fourth-order valence-corrected chi connectivity index (χ4v) is 4.84. The van der Waals surface area contributed by atoms with Crippen LogP contribution in [0.1, 0.15) is 12.0 Å². The molecule has 2 fully saturated rings. The van der Waals surface area contributed by atoms with Gasteiger partial charge in [-0.25, -0.2) is 0 Å². The topological polar surface area (TPSA) is 88.1 Å². The molecule has 4 atom stereocenters. The van der Waals surface area contributed by atoms with E-state index in [-0.39, 0.29) is 48.0 Å². The maximum Gasteiger partial charge on any atom is 0.262 e. The molecular formula is C24H20ClN3O4. The number of allylic oxidation sites excluding steroid dienone is 2. The number of carbonyl (C=O) groups is 3. The van der Waals surface area contributed by atoms with E-state index in [1.807, 2.05) is 12.2 Å². The van der Waals surface area contributed by atoms with Crippen LogP contribution in [-0.4, -0.2) is 35.6 Å². The van der Waals surface area contributed by atoms with Gasteiger partial charge in [0.1, 0.15) is 5.75 Å². The first-order valence-corrected chi connectivity index (χ1v) is 10.8. The predicted molar refractivity (Wildman–Crippen MR) is 119 cm³/mol. The zero-order chi connectivity index (χ0) is 22.2. The van der Waals surface area contributed by atoms with Crippen molar-refractivity contribution in [2.24, 2.45) is 28.8 Å². The highest BCUT2D eigenvalue weighted by atomic mass is 35.5. The summed E-state index contributed by atoms with van der Waals surface area (Å²) in [6.45, 7) is -0.214. The van der Waals surface area contributed by atoms with Gasteiger partial charge in [0.25, 0.3) is 17.7 Å². The van der Waals surface area contributed by atoms with Crippen LogP contribution >= 0.6 is 11.6 Å². The number of fused-ring (bicyclic) bond motifs is 5. The summed E-state index contributed by atoms with van der Waals surface area (Å²) in [7, 11) is 0. The van der Waals surface area contributed by atoms with Crippen LogP contribution in [0.25, 0.3) is 0 Å². The largest absolute Gasteiger partial charge is 0.483 e. The van der Waals surface area contributed by atoms with Gasteiger partial charge < -0.3 is 10.1 Å². The van der Waals surface area contributed by atoms with Gasteiger partial charge in [-0.3, -0.25) is 14.4 Å². The van der Waals surface area contributed by atoms with Gasteiger partial charge in [-0.05, 0) is 54.7 Å². The van der Waals surface area contributed by atoms with Gasteiger partial charge >= 0.3 is 0 Å². The third kappa shape index (κ3) is 3.69. The quantitative estimate of drug-likeness (QED) is 0.415. The van der Waals surface area contributed by atoms with Crippen molar-refractivity contribution in [3.05, 3.63) is 71.3 Å². The summed E-state index contributed by atoms with van der Waals surface area (Å²) in [5, 5.41) is 8.48. The summed E-state index contributed by atoms with van der Waals surface area (Å²) in [4.78, 5) is 37.7. The highest BCUT2D eigenvalue weighted by molar-refractivity contribution is 6.30. The van der Waals surface area contributed by atoms with E-state index in [1.54, 1.807) is 48.5 Å². The van der Waals surface area contributed by atoms with Gasteiger partial charge in [0.15, 0.2) is 6.61 Å². The van der Waals surface area contributed by atoms with Crippen molar-refractivity contribution in [2.75, 3.05) is 11.9 Å². The number of imide groups is 1. The molecule has 3 amide bonds. The van der Waals surface area contributed by atoms with Gasteiger partial charge in [-0.2, -0.15) is 10.1 Å². The zero-order valence-electron chi connectivity index (χ0n) is 17.0. The molecule has 4 unspecified atom stereocenters. The molecule has 162 valence electrons. The van der Waals surface area contributed by atoms with Crippen LogP contribution in [0.15, 0.2) is 65.8 Å². The summed E-state index contributed by atoms with van der Waals surface area (Å²) in [6, 6.07) is 13.7. The van der Waals surface area contributed by atoms with E-state index in [2.05, 4.69) is 10.4 Å². The van der Waals surface area contributed by atoms with Crippen LogP contribution in [0.3, 0.4) is 0 Å². The van der Waals surface area contributed by atoms with E-state index >= 15 is 0 Å². The number of halogens is 1. The van der Waals surface area contributed by atoms with Crippen LogP contribution in [0, 0.1) is 23.7 Å². The lowest BCUT2D eigenvalue weighted by Crippen LogP contribution is -2.28. The summed E-state index contributed by atoms with van der Waals surface area (Å²) >= 11 is 5.85. The van der Waals surface area contributed by atoms with E-state index in [0.717, 1.165) is 11.4 Å². The lowest BCUT2D eigenvalue weighted by atomic mass is 9.85. The Bertz CT molecular complexity index is 1110. The number of amides is 3. The molecule has 0 aromatic heterocycles. The Hall–Kier alpha value is -3.45. The molecule has 1 saturated carbocycles. The monoisotopic (exact) mass is 449 g/mol. The molecule has 2 aliphatic carbocycles. The Labute approximate surface area is 189 Å². The minimum atomic E-state index is -0.334. The Morgan fingerprint density at radius 2 is 1.72 bits per heavy atom. The molecule has 1 saturated heterocycles. The standard InChI is InChI=1S/C24H20ClN3O4/c25-17-7-9-18(10-8-17)27-20(29)13-32-19-4-2-1-3-16(19)12-26-28-23(30)21-14-5-6-15(11-14)22(21)24(28)31/h1-10,12,14-15,21-22H,11,13H2,(H,27,29). The number of nitrogens with zero attached hydrogens (tertiary/aromatic N) is 2. The molecule has 32 heavy (non-hydrogen) atoms. The summed E-state index contributed by atoms with van der Waals surface area (Å²) in [5.74, 6) is -0.714. The number of rotatable bonds is 6. The number of benzene rings is 2.